The first-order valence-electron chi connectivity index (χ1n) is 6.49. The molecule has 1 unspecified atom stereocenters. The third-order valence-electron chi connectivity index (χ3n) is 3.07. The van der Waals surface area contributed by atoms with Crippen LogP contribution >= 0.6 is 0 Å². The maximum absolute atomic E-state index is 12.8. The molecule has 0 aliphatic carbocycles. The number of benzene rings is 1. The maximum atomic E-state index is 12.8. The van der Waals surface area contributed by atoms with Crippen LogP contribution in [-0.2, 0) is 6.18 Å². The second-order valence-corrected chi connectivity index (χ2v) is 5.80. The Bertz CT molecular complexity index is 495. The number of carbonyl (C=O) groups is 1. The van der Waals surface area contributed by atoms with Gasteiger partial charge in [-0.1, -0.05) is 32.9 Å². The lowest BCUT2D eigenvalue weighted by atomic mass is 9.87. The van der Waals surface area contributed by atoms with Gasteiger partial charge in [-0.05, 0) is 17.5 Å². The van der Waals surface area contributed by atoms with Crippen LogP contribution in [0.25, 0.3) is 0 Å². The Morgan fingerprint density at radius 2 is 1.81 bits per heavy atom. The molecule has 0 aromatic heterocycles. The van der Waals surface area contributed by atoms with Crippen molar-refractivity contribution in [3.8, 4) is 0 Å². The zero-order chi connectivity index (χ0) is 16.3. The Hall–Kier alpha value is -1.76. The summed E-state index contributed by atoms with van der Waals surface area (Å²) in [6.45, 7) is 5.84. The zero-order valence-corrected chi connectivity index (χ0v) is 12.2. The summed E-state index contributed by atoms with van der Waals surface area (Å²) in [5.41, 5.74) is 4.11. The van der Waals surface area contributed by atoms with E-state index in [0.29, 0.717) is 0 Å². The number of nitrogens with one attached hydrogen (secondary N) is 2. The molecule has 0 spiro atoms. The quantitative estimate of drug-likeness (QED) is 0.802. The first-order valence-corrected chi connectivity index (χ1v) is 6.49. The normalized spacial score (nSPS) is 13.7. The van der Waals surface area contributed by atoms with E-state index in [1.54, 1.807) is 0 Å². The first kappa shape index (κ1) is 17.3. The summed E-state index contributed by atoms with van der Waals surface area (Å²) >= 11 is 0. The Morgan fingerprint density at radius 3 is 2.29 bits per heavy atom. The lowest BCUT2D eigenvalue weighted by molar-refractivity contribution is -0.136. The van der Waals surface area contributed by atoms with E-state index in [1.807, 2.05) is 20.8 Å². The first-order chi connectivity index (χ1) is 9.55. The number of nitrogens with two attached hydrogens (primary N) is 1. The highest BCUT2D eigenvalue weighted by Gasteiger charge is 2.34. The van der Waals surface area contributed by atoms with Crippen molar-refractivity contribution in [3.63, 3.8) is 0 Å². The van der Waals surface area contributed by atoms with E-state index in [1.165, 1.54) is 18.2 Å². The number of alkyl halides is 3. The van der Waals surface area contributed by atoms with Gasteiger partial charge < -0.3 is 16.4 Å². The molecule has 0 bridgehead atoms. The molecule has 1 aromatic carbocycles. The fourth-order valence-corrected chi connectivity index (χ4v) is 1.78. The number of para-hydroxylation sites is 1. The molecule has 0 aliphatic heterocycles. The van der Waals surface area contributed by atoms with Crippen molar-refractivity contribution in [2.75, 3.05) is 11.9 Å². The van der Waals surface area contributed by atoms with Crippen molar-refractivity contribution in [3.05, 3.63) is 29.8 Å². The van der Waals surface area contributed by atoms with Crippen molar-refractivity contribution in [2.45, 2.75) is 33.0 Å². The molecule has 1 rings (SSSR count). The van der Waals surface area contributed by atoms with Crippen LogP contribution in [0.5, 0.6) is 0 Å². The molecule has 1 aromatic rings. The van der Waals surface area contributed by atoms with Gasteiger partial charge in [-0.3, -0.25) is 0 Å². The number of carbonyl (C=O) groups excluding carboxylic acids is 1. The topological polar surface area (TPSA) is 67.1 Å². The van der Waals surface area contributed by atoms with Gasteiger partial charge in [-0.25, -0.2) is 4.79 Å². The van der Waals surface area contributed by atoms with Crippen LogP contribution in [0.3, 0.4) is 0 Å². The molecule has 0 fully saturated rings. The predicted molar refractivity (Wildman–Crippen MR) is 75.9 cm³/mol. The highest BCUT2D eigenvalue weighted by atomic mass is 19.4. The molecule has 0 heterocycles. The van der Waals surface area contributed by atoms with Crippen molar-refractivity contribution in [1.82, 2.24) is 5.32 Å². The van der Waals surface area contributed by atoms with Gasteiger partial charge in [0.25, 0.3) is 0 Å². The molecule has 4 N–H and O–H groups in total. The average Bonchev–Trinajstić information content (AvgIpc) is 2.34. The minimum Gasteiger partial charge on any atom is -0.333 e. The summed E-state index contributed by atoms with van der Waals surface area (Å²) in [5, 5.41) is 4.82. The summed E-state index contributed by atoms with van der Waals surface area (Å²) in [5.74, 6) is 0. The lowest BCUT2D eigenvalue weighted by Crippen LogP contribution is -2.49. The number of hydrogen-bond donors (Lipinski definition) is 3. The number of rotatable bonds is 3. The highest BCUT2D eigenvalue weighted by molar-refractivity contribution is 5.90. The van der Waals surface area contributed by atoms with Gasteiger partial charge in [0, 0.05) is 12.6 Å². The Morgan fingerprint density at radius 1 is 1.24 bits per heavy atom. The maximum Gasteiger partial charge on any atom is 0.418 e. The van der Waals surface area contributed by atoms with Crippen LogP contribution in [0.2, 0.25) is 0 Å². The van der Waals surface area contributed by atoms with Crippen molar-refractivity contribution < 1.29 is 18.0 Å². The smallest absolute Gasteiger partial charge is 0.333 e. The monoisotopic (exact) mass is 303 g/mol. The number of urea groups is 1. The molecular weight excluding hydrogens is 283 g/mol. The van der Waals surface area contributed by atoms with Crippen molar-refractivity contribution in [2.24, 2.45) is 11.1 Å². The molecule has 2 amide bonds. The van der Waals surface area contributed by atoms with Gasteiger partial charge >= 0.3 is 12.2 Å². The summed E-state index contributed by atoms with van der Waals surface area (Å²) in [7, 11) is 0. The van der Waals surface area contributed by atoms with E-state index < -0.39 is 17.8 Å². The second kappa shape index (κ2) is 6.34. The number of hydrogen-bond acceptors (Lipinski definition) is 2. The van der Waals surface area contributed by atoms with Gasteiger partial charge in [0.15, 0.2) is 0 Å². The Kier molecular flexibility index (Phi) is 5.22. The van der Waals surface area contributed by atoms with E-state index in [9.17, 15) is 18.0 Å². The second-order valence-electron chi connectivity index (χ2n) is 5.80. The molecule has 1 atom stereocenters. The zero-order valence-electron chi connectivity index (χ0n) is 12.2. The van der Waals surface area contributed by atoms with Gasteiger partial charge in [-0.2, -0.15) is 13.2 Å². The fraction of sp³-hybridized carbons (Fsp3) is 0.500. The fourth-order valence-electron chi connectivity index (χ4n) is 1.78. The number of halogens is 3. The molecule has 0 saturated heterocycles. The lowest BCUT2D eigenvalue weighted by Gasteiger charge is -2.30. The summed E-state index contributed by atoms with van der Waals surface area (Å²) in [6, 6.07) is 3.75. The van der Waals surface area contributed by atoms with Crippen LogP contribution in [0, 0.1) is 5.41 Å². The van der Waals surface area contributed by atoms with Gasteiger partial charge in [-0.15, -0.1) is 0 Å². The van der Waals surface area contributed by atoms with Crippen LogP contribution in [-0.4, -0.2) is 18.6 Å². The summed E-state index contributed by atoms with van der Waals surface area (Å²) in [6.07, 6.45) is -4.53. The van der Waals surface area contributed by atoms with Crippen LogP contribution < -0.4 is 16.4 Å². The largest absolute Gasteiger partial charge is 0.418 e. The van der Waals surface area contributed by atoms with Gasteiger partial charge in [0.1, 0.15) is 0 Å². The van der Waals surface area contributed by atoms with Crippen LogP contribution in [0.4, 0.5) is 23.7 Å². The van der Waals surface area contributed by atoms with E-state index in [4.69, 9.17) is 5.73 Å². The Labute approximate surface area is 121 Å². The number of anilines is 1. The molecular formula is C14H20F3N3O. The molecule has 0 radical (unpaired) electrons. The SMILES string of the molecule is CC(C)(C)C(CN)NC(=O)Nc1ccccc1C(F)(F)F. The summed E-state index contributed by atoms with van der Waals surface area (Å²) in [4.78, 5) is 11.9. The summed E-state index contributed by atoms with van der Waals surface area (Å²) < 4.78 is 38.5. The molecule has 4 nitrogen and oxygen atoms in total. The molecule has 0 saturated carbocycles. The molecule has 118 valence electrons. The van der Waals surface area contributed by atoms with Gasteiger partial charge in [0.2, 0.25) is 0 Å². The third-order valence-corrected chi connectivity index (χ3v) is 3.07. The number of amides is 2. The van der Waals surface area contributed by atoms with E-state index in [-0.39, 0.29) is 23.7 Å². The minimum absolute atomic E-state index is 0.192. The van der Waals surface area contributed by atoms with E-state index >= 15 is 0 Å². The molecule has 0 aliphatic rings. The van der Waals surface area contributed by atoms with Crippen LogP contribution in [0.1, 0.15) is 26.3 Å². The molecule has 7 heteroatoms. The minimum atomic E-state index is -4.53. The highest BCUT2D eigenvalue weighted by Crippen LogP contribution is 2.34. The van der Waals surface area contributed by atoms with E-state index in [2.05, 4.69) is 10.6 Å². The third kappa shape index (κ3) is 4.93. The standard InChI is InChI=1S/C14H20F3N3O/c1-13(2,3)11(8-18)20-12(21)19-10-7-5-4-6-9(10)14(15,16)17/h4-7,11H,8,18H2,1-3H3,(H2,19,20,21). The average molecular weight is 303 g/mol. The Balaban J connectivity index is 2.85. The predicted octanol–water partition coefficient (Wildman–Crippen LogP) is 3.20. The molecule has 21 heavy (non-hydrogen) atoms. The van der Waals surface area contributed by atoms with Crippen molar-refractivity contribution in [1.29, 1.82) is 0 Å². The van der Waals surface area contributed by atoms with Gasteiger partial charge in [0.05, 0.1) is 11.3 Å². The van der Waals surface area contributed by atoms with Crippen LogP contribution in [0.15, 0.2) is 24.3 Å². The van der Waals surface area contributed by atoms with E-state index in [0.717, 1.165) is 6.07 Å². The van der Waals surface area contributed by atoms with Crippen molar-refractivity contribution >= 4 is 11.7 Å².